The number of nitrogens with zero attached hydrogens (tertiary/aromatic N) is 1. The van der Waals surface area contributed by atoms with Gasteiger partial charge in [0.15, 0.2) is 27.9 Å². The maximum Gasteiger partial charge on any atom is 0.338 e. The van der Waals surface area contributed by atoms with E-state index >= 15 is 0 Å². The quantitative estimate of drug-likeness (QED) is 0.528. The first-order valence-electron chi connectivity index (χ1n) is 8.82. The third-order valence-electron chi connectivity index (χ3n) is 4.39. The van der Waals surface area contributed by atoms with E-state index in [-0.39, 0.29) is 23.1 Å². The predicted molar refractivity (Wildman–Crippen MR) is 107 cm³/mol. The van der Waals surface area contributed by atoms with Crippen molar-refractivity contribution in [2.75, 3.05) is 38.9 Å². The number of carbonyl (C=O) groups excluding carboxylic acids is 2. The van der Waals surface area contributed by atoms with E-state index in [9.17, 15) is 18.0 Å². The van der Waals surface area contributed by atoms with E-state index in [4.69, 9.17) is 14.2 Å². The molecule has 1 aliphatic heterocycles. The molecule has 28 heavy (non-hydrogen) atoms. The van der Waals surface area contributed by atoms with Crippen molar-refractivity contribution in [1.29, 1.82) is 0 Å². The summed E-state index contributed by atoms with van der Waals surface area (Å²) in [6.45, 7) is 2.00. The minimum absolute atomic E-state index is 0.0629. The molecule has 156 valence electrons. The Morgan fingerprint density at radius 3 is 2.61 bits per heavy atom. The van der Waals surface area contributed by atoms with E-state index in [1.54, 1.807) is 0 Å². The molecule has 1 atom stereocenters. The molecule has 0 spiro atoms. The SMILES string of the molecule is CCCOc1c(Br)cc(C(=O)OCC(=O)N(C)[C@H]2CCS(=O)(=O)C2)cc1OC. The average Bonchev–Trinajstić information content (AvgIpc) is 3.03. The number of likely N-dealkylation sites (N-methyl/N-ethyl adjacent to an activating group) is 1. The molecular formula is C18H24BrNO7S. The molecule has 0 radical (unpaired) electrons. The Morgan fingerprint density at radius 2 is 2.04 bits per heavy atom. The molecule has 0 bridgehead atoms. The van der Waals surface area contributed by atoms with Crippen LogP contribution in [0.25, 0.3) is 0 Å². The van der Waals surface area contributed by atoms with E-state index in [0.717, 1.165) is 6.42 Å². The molecule has 0 unspecified atom stereocenters. The molecule has 8 nitrogen and oxygen atoms in total. The fraction of sp³-hybridized carbons (Fsp3) is 0.556. The van der Waals surface area contributed by atoms with Crippen LogP contribution < -0.4 is 9.47 Å². The van der Waals surface area contributed by atoms with Crippen LogP contribution in [0.4, 0.5) is 0 Å². The van der Waals surface area contributed by atoms with Gasteiger partial charge in [-0.2, -0.15) is 0 Å². The summed E-state index contributed by atoms with van der Waals surface area (Å²) >= 11 is 3.35. The maximum absolute atomic E-state index is 12.3. The van der Waals surface area contributed by atoms with E-state index in [1.807, 2.05) is 6.92 Å². The van der Waals surface area contributed by atoms with Crippen LogP contribution in [0.3, 0.4) is 0 Å². The molecule has 0 aromatic heterocycles. The first kappa shape index (κ1) is 22.5. The summed E-state index contributed by atoms with van der Waals surface area (Å²) in [5.41, 5.74) is 0.200. The smallest absolute Gasteiger partial charge is 0.338 e. The summed E-state index contributed by atoms with van der Waals surface area (Å²) in [5, 5.41) is 0. The Hall–Kier alpha value is -1.81. The van der Waals surface area contributed by atoms with Crippen molar-refractivity contribution in [2.24, 2.45) is 0 Å². The highest BCUT2D eigenvalue weighted by Crippen LogP contribution is 2.37. The number of esters is 1. The summed E-state index contributed by atoms with van der Waals surface area (Å²) in [4.78, 5) is 25.9. The monoisotopic (exact) mass is 477 g/mol. The lowest BCUT2D eigenvalue weighted by Crippen LogP contribution is -2.40. The lowest BCUT2D eigenvalue weighted by atomic mass is 10.2. The zero-order valence-corrected chi connectivity index (χ0v) is 18.5. The number of benzene rings is 1. The number of hydrogen-bond donors (Lipinski definition) is 0. The molecule has 2 rings (SSSR count). The van der Waals surface area contributed by atoms with Crippen molar-refractivity contribution in [2.45, 2.75) is 25.8 Å². The van der Waals surface area contributed by atoms with Crippen molar-refractivity contribution < 1.29 is 32.2 Å². The van der Waals surface area contributed by atoms with Crippen molar-refractivity contribution in [3.63, 3.8) is 0 Å². The fourth-order valence-corrected chi connectivity index (χ4v) is 5.11. The van der Waals surface area contributed by atoms with Gasteiger partial charge in [0.1, 0.15) is 0 Å². The summed E-state index contributed by atoms with van der Waals surface area (Å²) in [7, 11) is -0.127. The number of carbonyl (C=O) groups is 2. The van der Waals surface area contributed by atoms with Crippen LogP contribution >= 0.6 is 15.9 Å². The van der Waals surface area contributed by atoms with Crippen molar-refractivity contribution in [3.05, 3.63) is 22.2 Å². The van der Waals surface area contributed by atoms with E-state index in [0.29, 0.717) is 29.0 Å². The molecule has 1 saturated heterocycles. The van der Waals surface area contributed by atoms with Crippen LogP contribution in [0.15, 0.2) is 16.6 Å². The van der Waals surface area contributed by atoms with Crippen LogP contribution in [-0.4, -0.2) is 70.1 Å². The summed E-state index contributed by atoms with van der Waals surface area (Å²) < 4.78 is 39.6. The fourth-order valence-electron chi connectivity index (χ4n) is 2.78. The zero-order valence-electron chi connectivity index (χ0n) is 16.1. The Balaban J connectivity index is 2.00. The van der Waals surface area contributed by atoms with Gasteiger partial charge >= 0.3 is 5.97 Å². The highest BCUT2D eigenvalue weighted by atomic mass is 79.9. The highest BCUT2D eigenvalue weighted by Gasteiger charge is 2.33. The molecular weight excluding hydrogens is 454 g/mol. The number of methoxy groups -OCH3 is 1. The lowest BCUT2D eigenvalue weighted by molar-refractivity contribution is -0.134. The average molecular weight is 478 g/mol. The maximum atomic E-state index is 12.3. The summed E-state index contributed by atoms with van der Waals surface area (Å²) in [5.74, 6) is -0.290. The van der Waals surface area contributed by atoms with Gasteiger partial charge < -0.3 is 19.1 Å². The van der Waals surface area contributed by atoms with Gasteiger partial charge in [-0.1, -0.05) is 6.92 Å². The van der Waals surface area contributed by atoms with Gasteiger partial charge in [0.2, 0.25) is 0 Å². The minimum Gasteiger partial charge on any atom is -0.493 e. The Labute approximate surface area is 173 Å². The van der Waals surface area contributed by atoms with Crippen molar-refractivity contribution >= 4 is 37.6 Å². The Morgan fingerprint density at radius 1 is 1.32 bits per heavy atom. The number of hydrogen-bond acceptors (Lipinski definition) is 7. The van der Waals surface area contributed by atoms with E-state index < -0.39 is 28.3 Å². The molecule has 1 aromatic carbocycles. The highest BCUT2D eigenvalue weighted by molar-refractivity contribution is 9.10. The Kier molecular flexibility index (Phi) is 7.70. The van der Waals surface area contributed by atoms with Crippen LogP contribution in [0.5, 0.6) is 11.5 Å². The molecule has 1 amide bonds. The number of sulfone groups is 1. The molecule has 0 aliphatic carbocycles. The molecule has 1 aliphatic rings. The second-order valence-electron chi connectivity index (χ2n) is 6.48. The number of ether oxygens (including phenoxy) is 3. The number of amides is 1. The summed E-state index contributed by atoms with van der Waals surface area (Å²) in [6.07, 6.45) is 1.21. The number of rotatable bonds is 8. The topological polar surface area (TPSA) is 99.2 Å². The van der Waals surface area contributed by atoms with Crippen LogP contribution in [0.2, 0.25) is 0 Å². The molecule has 0 saturated carbocycles. The van der Waals surface area contributed by atoms with Gasteiger partial charge in [-0.3, -0.25) is 4.79 Å². The molecule has 1 fully saturated rings. The first-order chi connectivity index (χ1) is 13.2. The van der Waals surface area contributed by atoms with Gasteiger partial charge in [0.25, 0.3) is 5.91 Å². The van der Waals surface area contributed by atoms with E-state index in [1.165, 1.54) is 31.2 Å². The molecule has 1 heterocycles. The summed E-state index contributed by atoms with van der Waals surface area (Å²) in [6, 6.07) is 2.63. The van der Waals surface area contributed by atoms with Gasteiger partial charge in [-0.15, -0.1) is 0 Å². The third-order valence-corrected chi connectivity index (χ3v) is 6.73. The van der Waals surface area contributed by atoms with Gasteiger partial charge in [0, 0.05) is 13.1 Å². The van der Waals surface area contributed by atoms with Gasteiger partial charge in [-0.05, 0) is 40.9 Å². The molecule has 10 heteroatoms. The minimum atomic E-state index is -3.10. The van der Waals surface area contributed by atoms with Gasteiger partial charge in [0.05, 0.1) is 35.3 Å². The molecule has 0 N–H and O–H groups in total. The van der Waals surface area contributed by atoms with Crippen LogP contribution in [0, 0.1) is 0 Å². The van der Waals surface area contributed by atoms with Crippen LogP contribution in [0.1, 0.15) is 30.1 Å². The second-order valence-corrected chi connectivity index (χ2v) is 9.56. The van der Waals surface area contributed by atoms with Crippen molar-refractivity contribution in [3.8, 4) is 11.5 Å². The van der Waals surface area contributed by atoms with Gasteiger partial charge in [-0.25, -0.2) is 13.2 Å². The third kappa shape index (κ3) is 5.60. The predicted octanol–water partition coefficient (Wildman–Crippen LogP) is 2.05. The standard InChI is InChI=1S/C18H24BrNO7S/c1-4-6-26-17-14(19)8-12(9-15(17)25-3)18(22)27-10-16(21)20(2)13-5-7-28(23,24)11-13/h8-9,13H,4-7,10-11H2,1-3H3/t13-/m0/s1. The number of halogens is 1. The first-order valence-corrected chi connectivity index (χ1v) is 11.4. The Bertz CT molecular complexity index is 841. The van der Waals surface area contributed by atoms with E-state index in [2.05, 4.69) is 15.9 Å². The largest absolute Gasteiger partial charge is 0.493 e. The normalized spacial score (nSPS) is 17.8. The van der Waals surface area contributed by atoms with Crippen molar-refractivity contribution in [1.82, 2.24) is 4.90 Å². The zero-order chi connectivity index (χ0) is 20.9. The molecule has 1 aromatic rings. The second kappa shape index (κ2) is 9.60. The lowest BCUT2D eigenvalue weighted by Gasteiger charge is -2.23. The van der Waals surface area contributed by atoms with Crippen LogP contribution in [-0.2, 0) is 19.4 Å².